The van der Waals surface area contributed by atoms with Gasteiger partial charge in [-0.15, -0.1) is 4.73 Å². The zero-order valence-electron chi connectivity index (χ0n) is 17.0. The Bertz CT molecular complexity index is 1180. The largest absolute Gasteiger partial charge is 0.506 e. The number of phenols is 1. The van der Waals surface area contributed by atoms with E-state index >= 15 is 0 Å². The van der Waals surface area contributed by atoms with Crippen molar-refractivity contribution in [3.63, 3.8) is 0 Å². The topological polar surface area (TPSA) is 121 Å². The third-order valence-corrected chi connectivity index (χ3v) is 5.71. The molecule has 3 aromatic rings. The number of aromatic nitrogens is 1. The van der Waals surface area contributed by atoms with Gasteiger partial charge >= 0.3 is 5.97 Å². The highest BCUT2D eigenvalue weighted by molar-refractivity contribution is 5.88. The highest BCUT2D eigenvalue weighted by Gasteiger charge is 2.32. The van der Waals surface area contributed by atoms with E-state index in [1.54, 1.807) is 6.07 Å². The SMILES string of the molecule is CC1(NC[C@H](O)c2ccc(O)c3c2ccc(=O)n3OC(=O)CO)Cc2ccccc2C1. The fourth-order valence-corrected chi connectivity index (χ4v) is 4.23. The quantitative estimate of drug-likeness (QED) is 0.463. The molecule has 0 radical (unpaired) electrons. The second-order valence-corrected chi connectivity index (χ2v) is 8.10. The number of phenolic OH excluding ortho intramolecular Hbond substituents is 1. The van der Waals surface area contributed by atoms with Crippen LogP contribution < -0.4 is 15.7 Å². The van der Waals surface area contributed by atoms with Crippen molar-refractivity contribution >= 4 is 16.9 Å². The average molecular weight is 424 g/mol. The lowest BCUT2D eigenvalue weighted by Crippen LogP contribution is -2.45. The Labute approximate surface area is 178 Å². The van der Waals surface area contributed by atoms with Gasteiger partial charge in [0, 0.05) is 23.5 Å². The lowest BCUT2D eigenvalue weighted by molar-refractivity contribution is -0.147. The van der Waals surface area contributed by atoms with Crippen molar-refractivity contribution in [2.24, 2.45) is 0 Å². The molecule has 1 aliphatic rings. The van der Waals surface area contributed by atoms with Crippen LogP contribution in [0.25, 0.3) is 10.9 Å². The van der Waals surface area contributed by atoms with E-state index in [-0.39, 0.29) is 23.3 Å². The number of fused-ring (bicyclic) bond motifs is 2. The molecule has 1 aromatic heterocycles. The zero-order chi connectivity index (χ0) is 22.2. The number of carbonyl (C=O) groups is 1. The molecule has 2 aromatic carbocycles. The maximum Gasteiger partial charge on any atom is 0.358 e. The van der Waals surface area contributed by atoms with E-state index in [2.05, 4.69) is 24.4 Å². The first-order valence-electron chi connectivity index (χ1n) is 10.0. The van der Waals surface area contributed by atoms with Gasteiger partial charge in [-0.05, 0) is 48.6 Å². The normalized spacial score (nSPS) is 15.6. The summed E-state index contributed by atoms with van der Waals surface area (Å²) >= 11 is 0. The minimum Gasteiger partial charge on any atom is -0.506 e. The minimum atomic E-state index is -1.05. The maximum atomic E-state index is 12.2. The van der Waals surface area contributed by atoms with Crippen LogP contribution in [0.2, 0.25) is 0 Å². The number of aliphatic hydroxyl groups is 2. The predicted molar refractivity (Wildman–Crippen MR) is 114 cm³/mol. The van der Waals surface area contributed by atoms with Gasteiger partial charge in [-0.3, -0.25) is 4.79 Å². The molecular formula is C23H24N2O6. The number of nitrogens with one attached hydrogen (secondary N) is 1. The predicted octanol–water partition coefficient (Wildman–Crippen LogP) is 0.835. The number of aromatic hydroxyl groups is 1. The van der Waals surface area contributed by atoms with Crippen molar-refractivity contribution in [1.29, 1.82) is 0 Å². The number of pyridine rings is 1. The van der Waals surface area contributed by atoms with Crippen molar-refractivity contribution in [1.82, 2.24) is 10.0 Å². The number of benzene rings is 2. The summed E-state index contributed by atoms with van der Waals surface area (Å²) in [7, 11) is 0. The molecule has 0 saturated heterocycles. The van der Waals surface area contributed by atoms with E-state index in [1.165, 1.54) is 29.3 Å². The Morgan fingerprint density at radius 3 is 2.48 bits per heavy atom. The molecular weight excluding hydrogens is 400 g/mol. The molecule has 0 saturated carbocycles. The van der Waals surface area contributed by atoms with Crippen molar-refractivity contribution < 1.29 is 25.0 Å². The van der Waals surface area contributed by atoms with Gasteiger partial charge in [-0.1, -0.05) is 30.3 Å². The molecule has 0 fully saturated rings. The standard InChI is InChI=1S/C23H24N2O6/c1-23(10-14-4-2-3-5-15(14)11-23)24-12-19(28)16-6-8-18(27)22-17(16)7-9-20(29)25(22)31-21(30)13-26/h2-9,19,24,26-28H,10-13H2,1H3/t19-/m0/s1. The highest BCUT2D eigenvalue weighted by atomic mass is 16.7. The molecule has 8 heteroatoms. The molecule has 4 rings (SSSR count). The summed E-state index contributed by atoms with van der Waals surface area (Å²) in [5.41, 5.74) is 2.11. The molecule has 4 N–H and O–H groups in total. The summed E-state index contributed by atoms with van der Waals surface area (Å²) in [4.78, 5) is 28.6. The van der Waals surface area contributed by atoms with Gasteiger partial charge in [-0.25, -0.2) is 4.79 Å². The van der Waals surface area contributed by atoms with E-state index in [0.717, 1.165) is 12.8 Å². The number of hydrogen-bond donors (Lipinski definition) is 4. The first kappa shape index (κ1) is 21.0. The Hall–Kier alpha value is -3.20. The van der Waals surface area contributed by atoms with E-state index in [0.29, 0.717) is 15.7 Å². The van der Waals surface area contributed by atoms with Gasteiger partial charge in [0.1, 0.15) is 17.9 Å². The number of nitrogens with zero attached hydrogens (tertiary/aromatic N) is 1. The van der Waals surface area contributed by atoms with Crippen molar-refractivity contribution in [3.05, 3.63) is 75.6 Å². The summed E-state index contributed by atoms with van der Waals surface area (Å²) in [6, 6.07) is 13.8. The molecule has 1 heterocycles. The molecule has 0 amide bonds. The van der Waals surface area contributed by atoms with E-state index in [9.17, 15) is 19.8 Å². The van der Waals surface area contributed by atoms with Crippen LogP contribution in [0.1, 0.15) is 29.7 Å². The van der Waals surface area contributed by atoms with Crippen LogP contribution in [0, 0.1) is 0 Å². The Balaban J connectivity index is 1.61. The molecule has 31 heavy (non-hydrogen) atoms. The Morgan fingerprint density at radius 2 is 1.84 bits per heavy atom. The van der Waals surface area contributed by atoms with Crippen LogP contribution in [0.5, 0.6) is 5.75 Å². The lowest BCUT2D eigenvalue weighted by atomic mass is 9.97. The van der Waals surface area contributed by atoms with Gasteiger partial charge in [-0.2, -0.15) is 0 Å². The number of β-amino-alcohol motifs (C(OH)–C–C–N with tert-alkyl or cyclic N) is 1. The molecule has 1 atom stereocenters. The average Bonchev–Trinajstić information content (AvgIpc) is 3.10. The molecule has 0 bridgehead atoms. The van der Waals surface area contributed by atoms with Crippen LogP contribution in [-0.2, 0) is 17.6 Å². The second kappa shape index (κ2) is 8.14. The van der Waals surface area contributed by atoms with Crippen LogP contribution in [0.4, 0.5) is 0 Å². The molecule has 162 valence electrons. The van der Waals surface area contributed by atoms with Crippen LogP contribution in [-0.4, -0.2) is 44.7 Å². The van der Waals surface area contributed by atoms with E-state index in [1.807, 2.05) is 12.1 Å². The van der Waals surface area contributed by atoms with Crippen molar-refractivity contribution in [2.75, 3.05) is 13.2 Å². The smallest absolute Gasteiger partial charge is 0.358 e. The third kappa shape index (κ3) is 4.05. The van der Waals surface area contributed by atoms with Gasteiger partial charge in [0.2, 0.25) is 0 Å². The molecule has 0 unspecified atom stereocenters. The fourth-order valence-electron chi connectivity index (χ4n) is 4.23. The molecule has 0 aliphatic heterocycles. The monoisotopic (exact) mass is 424 g/mol. The number of aliphatic hydroxyl groups excluding tert-OH is 2. The van der Waals surface area contributed by atoms with Gasteiger partial charge in [0.05, 0.1) is 6.10 Å². The summed E-state index contributed by atoms with van der Waals surface area (Å²) < 4.78 is 0.627. The van der Waals surface area contributed by atoms with Crippen LogP contribution in [0.15, 0.2) is 53.3 Å². The molecule has 0 spiro atoms. The molecule has 8 nitrogen and oxygen atoms in total. The minimum absolute atomic E-state index is 0.0506. The second-order valence-electron chi connectivity index (χ2n) is 8.10. The lowest BCUT2D eigenvalue weighted by Gasteiger charge is -2.27. The van der Waals surface area contributed by atoms with Crippen molar-refractivity contribution in [3.8, 4) is 5.75 Å². The molecule has 1 aliphatic carbocycles. The highest BCUT2D eigenvalue weighted by Crippen LogP contribution is 2.32. The van der Waals surface area contributed by atoms with Crippen LogP contribution in [0.3, 0.4) is 0 Å². The number of hydrogen-bond acceptors (Lipinski definition) is 7. The van der Waals surface area contributed by atoms with Gasteiger partial charge < -0.3 is 25.5 Å². The van der Waals surface area contributed by atoms with Gasteiger partial charge in [0.15, 0.2) is 0 Å². The summed E-state index contributed by atoms with van der Waals surface area (Å²) in [6.07, 6.45) is 0.759. The maximum absolute atomic E-state index is 12.2. The number of rotatable bonds is 6. The van der Waals surface area contributed by atoms with Gasteiger partial charge in [0.25, 0.3) is 5.56 Å². The number of carbonyl (C=O) groups excluding carboxylic acids is 1. The third-order valence-electron chi connectivity index (χ3n) is 5.71. The van der Waals surface area contributed by atoms with Crippen molar-refractivity contribution in [2.45, 2.75) is 31.4 Å². The van der Waals surface area contributed by atoms with Crippen LogP contribution >= 0.6 is 0 Å². The first-order valence-corrected chi connectivity index (χ1v) is 10.0. The fraction of sp³-hybridized carbons (Fsp3) is 0.304. The zero-order valence-corrected chi connectivity index (χ0v) is 17.0. The summed E-state index contributed by atoms with van der Waals surface area (Å²) in [5, 5.41) is 34.0. The summed E-state index contributed by atoms with van der Waals surface area (Å²) in [6.45, 7) is 1.44. The van der Waals surface area contributed by atoms with E-state index in [4.69, 9.17) is 9.94 Å². The Morgan fingerprint density at radius 1 is 1.16 bits per heavy atom. The first-order chi connectivity index (χ1) is 14.8. The van der Waals surface area contributed by atoms with E-state index < -0.39 is 24.2 Å². The Kier molecular flexibility index (Phi) is 5.53. The summed E-state index contributed by atoms with van der Waals surface area (Å²) in [5.74, 6) is -1.34.